The fourth-order valence-corrected chi connectivity index (χ4v) is 3.58. The third-order valence-electron chi connectivity index (χ3n) is 5.10. The van der Waals surface area contributed by atoms with Crippen LogP contribution in [-0.2, 0) is 6.42 Å². The number of benzene rings is 3. The summed E-state index contributed by atoms with van der Waals surface area (Å²) in [4.78, 5) is 16.8. The summed E-state index contributed by atoms with van der Waals surface area (Å²) < 4.78 is 11.3. The number of ether oxygens (including phenoxy) is 2. The average molecular weight is 413 g/mol. The molecule has 0 saturated heterocycles. The number of methoxy groups -OCH3 is 1. The first-order valence-corrected chi connectivity index (χ1v) is 10.2. The molecule has 4 aromatic rings. The van der Waals surface area contributed by atoms with Crippen molar-refractivity contribution in [3.05, 3.63) is 84.1 Å². The van der Waals surface area contributed by atoms with E-state index < -0.39 is 5.97 Å². The molecule has 31 heavy (non-hydrogen) atoms. The molecule has 0 atom stereocenters. The number of carboxylic acid groups (broad SMARTS) is 1. The van der Waals surface area contributed by atoms with Crippen molar-refractivity contribution in [2.45, 2.75) is 19.8 Å². The van der Waals surface area contributed by atoms with Gasteiger partial charge in [-0.2, -0.15) is 0 Å². The molecular formula is C26H23NO4. The molecule has 5 nitrogen and oxygen atoms in total. The van der Waals surface area contributed by atoms with Gasteiger partial charge in [0.05, 0.1) is 7.11 Å². The van der Waals surface area contributed by atoms with Crippen molar-refractivity contribution in [2.24, 2.45) is 0 Å². The second-order valence-corrected chi connectivity index (χ2v) is 7.24. The second kappa shape index (κ2) is 8.88. The standard InChI is InChI=1S/C26H23NO4/c1-3-6-20-16-23(18-10-12-21(30-2)13-11-18)24(26(28)29)25(27-20)31-22-14-9-17-7-4-5-8-19(17)15-22/h4-5,7-16H,3,6H2,1-2H3,(H,28,29). The maximum Gasteiger partial charge on any atom is 0.341 e. The lowest BCUT2D eigenvalue weighted by Crippen LogP contribution is -2.07. The third-order valence-corrected chi connectivity index (χ3v) is 5.10. The number of aromatic nitrogens is 1. The lowest BCUT2D eigenvalue weighted by Gasteiger charge is -2.15. The van der Waals surface area contributed by atoms with E-state index in [1.807, 2.05) is 72.8 Å². The average Bonchev–Trinajstić information content (AvgIpc) is 2.79. The van der Waals surface area contributed by atoms with Gasteiger partial charge >= 0.3 is 5.97 Å². The normalized spacial score (nSPS) is 10.8. The first-order chi connectivity index (χ1) is 15.1. The van der Waals surface area contributed by atoms with Gasteiger partial charge in [0.1, 0.15) is 17.1 Å². The Kier molecular flexibility index (Phi) is 5.85. The zero-order valence-electron chi connectivity index (χ0n) is 17.5. The van der Waals surface area contributed by atoms with Crippen LogP contribution < -0.4 is 9.47 Å². The van der Waals surface area contributed by atoms with E-state index in [0.717, 1.165) is 34.9 Å². The van der Waals surface area contributed by atoms with Crippen molar-refractivity contribution in [3.8, 4) is 28.5 Å². The van der Waals surface area contributed by atoms with Crippen LogP contribution in [0.15, 0.2) is 72.8 Å². The number of carboxylic acids is 1. The zero-order valence-corrected chi connectivity index (χ0v) is 17.5. The van der Waals surface area contributed by atoms with Gasteiger partial charge < -0.3 is 14.6 Å². The molecule has 0 saturated carbocycles. The predicted molar refractivity (Wildman–Crippen MR) is 121 cm³/mol. The van der Waals surface area contributed by atoms with Gasteiger partial charge in [-0.3, -0.25) is 0 Å². The fraction of sp³-hybridized carbons (Fsp3) is 0.154. The number of fused-ring (bicyclic) bond motifs is 1. The number of nitrogens with zero attached hydrogens (tertiary/aromatic N) is 1. The van der Waals surface area contributed by atoms with Crippen molar-refractivity contribution in [2.75, 3.05) is 7.11 Å². The molecule has 156 valence electrons. The highest BCUT2D eigenvalue weighted by molar-refractivity contribution is 5.98. The van der Waals surface area contributed by atoms with Crippen molar-refractivity contribution >= 4 is 16.7 Å². The zero-order chi connectivity index (χ0) is 21.8. The van der Waals surface area contributed by atoms with E-state index >= 15 is 0 Å². The summed E-state index contributed by atoms with van der Waals surface area (Å²) in [5, 5.41) is 12.1. The van der Waals surface area contributed by atoms with Crippen LogP contribution in [0.3, 0.4) is 0 Å². The van der Waals surface area contributed by atoms with Gasteiger partial charge in [0.25, 0.3) is 0 Å². The molecule has 1 N–H and O–H groups in total. The molecule has 0 radical (unpaired) electrons. The first kappa shape index (κ1) is 20.4. The topological polar surface area (TPSA) is 68.7 Å². The van der Waals surface area contributed by atoms with Crippen LogP contribution >= 0.6 is 0 Å². The molecular weight excluding hydrogens is 390 g/mol. The lowest BCUT2D eigenvalue weighted by molar-refractivity contribution is 0.0694. The number of carbonyl (C=O) groups is 1. The minimum atomic E-state index is -1.09. The van der Waals surface area contributed by atoms with E-state index in [0.29, 0.717) is 17.1 Å². The van der Waals surface area contributed by atoms with Crippen LogP contribution in [0, 0.1) is 0 Å². The first-order valence-electron chi connectivity index (χ1n) is 10.2. The van der Waals surface area contributed by atoms with E-state index in [4.69, 9.17) is 9.47 Å². The highest BCUT2D eigenvalue weighted by atomic mass is 16.5. The molecule has 0 aliphatic carbocycles. The molecule has 0 bridgehead atoms. The minimum absolute atomic E-state index is 0.0400. The Morgan fingerprint density at radius 3 is 2.32 bits per heavy atom. The molecule has 0 amide bonds. The Hall–Kier alpha value is -3.86. The summed E-state index contributed by atoms with van der Waals surface area (Å²) in [7, 11) is 1.60. The molecule has 3 aromatic carbocycles. The van der Waals surface area contributed by atoms with Crippen LogP contribution in [0.4, 0.5) is 0 Å². The van der Waals surface area contributed by atoms with E-state index in [2.05, 4.69) is 11.9 Å². The van der Waals surface area contributed by atoms with Gasteiger partial charge in [-0.25, -0.2) is 9.78 Å². The summed E-state index contributed by atoms with van der Waals surface area (Å²) in [6.07, 6.45) is 1.61. The smallest absolute Gasteiger partial charge is 0.341 e. The summed E-state index contributed by atoms with van der Waals surface area (Å²) in [6, 6.07) is 22.7. The molecule has 4 rings (SSSR count). The quantitative estimate of drug-likeness (QED) is 0.382. The van der Waals surface area contributed by atoms with E-state index in [-0.39, 0.29) is 11.4 Å². The maximum absolute atomic E-state index is 12.3. The molecule has 0 spiro atoms. The van der Waals surface area contributed by atoms with E-state index in [9.17, 15) is 9.90 Å². The Labute approximate surface area is 180 Å². The second-order valence-electron chi connectivity index (χ2n) is 7.24. The van der Waals surface area contributed by atoms with Gasteiger partial charge in [-0.1, -0.05) is 55.8 Å². The molecule has 0 unspecified atom stereocenters. The van der Waals surface area contributed by atoms with Gasteiger partial charge in [0.2, 0.25) is 5.88 Å². The third kappa shape index (κ3) is 4.36. The number of pyridine rings is 1. The van der Waals surface area contributed by atoms with Gasteiger partial charge in [0, 0.05) is 11.3 Å². The Morgan fingerprint density at radius 2 is 1.65 bits per heavy atom. The highest BCUT2D eigenvalue weighted by Crippen LogP contribution is 2.35. The number of hydrogen-bond acceptors (Lipinski definition) is 4. The minimum Gasteiger partial charge on any atom is -0.497 e. The maximum atomic E-state index is 12.3. The van der Waals surface area contributed by atoms with Gasteiger partial charge in [-0.05, 0) is 53.1 Å². The van der Waals surface area contributed by atoms with Gasteiger partial charge in [-0.15, -0.1) is 0 Å². The SMILES string of the molecule is CCCc1cc(-c2ccc(OC)cc2)c(C(=O)O)c(Oc2ccc3ccccc3c2)n1. The lowest BCUT2D eigenvalue weighted by atomic mass is 9.99. The van der Waals surface area contributed by atoms with Crippen LogP contribution in [0.1, 0.15) is 29.4 Å². The number of aromatic carboxylic acids is 1. The van der Waals surface area contributed by atoms with Crippen molar-refractivity contribution in [1.29, 1.82) is 0 Å². The van der Waals surface area contributed by atoms with Crippen LogP contribution in [-0.4, -0.2) is 23.2 Å². The van der Waals surface area contributed by atoms with E-state index in [1.54, 1.807) is 7.11 Å². The van der Waals surface area contributed by atoms with Crippen molar-refractivity contribution in [1.82, 2.24) is 4.98 Å². The Balaban J connectivity index is 1.84. The highest BCUT2D eigenvalue weighted by Gasteiger charge is 2.22. The Bertz CT molecular complexity index is 1230. The summed E-state index contributed by atoms with van der Waals surface area (Å²) >= 11 is 0. The van der Waals surface area contributed by atoms with Crippen LogP contribution in [0.2, 0.25) is 0 Å². The predicted octanol–water partition coefficient (Wildman–Crippen LogP) is 6.35. The van der Waals surface area contributed by atoms with Crippen LogP contribution in [0.25, 0.3) is 21.9 Å². The largest absolute Gasteiger partial charge is 0.497 e. The van der Waals surface area contributed by atoms with Crippen molar-refractivity contribution < 1.29 is 19.4 Å². The number of hydrogen-bond donors (Lipinski definition) is 1. The number of rotatable bonds is 7. The molecule has 0 aliphatic heterocycles. The summed E-state index contributed by atoms with van der Waals surface area (Å²) in [5.41, 5.74) is 2.16. The summed E-state index contributed by atoms with van der Waals surface area (Å²) in [5.74, 6) is 0.260. The van der Waals surface area contributed by atoms with Crippen LogP contribution in [0.5, 0.6) is 17.4 Å². The number of aryl methyl sites for hydroxylation is 1. The molecule has 1 aromatic heterocycles. The molecule has 0 fully saturated rings. The van der Waals surface area contributed by atoms with Crippen molar-refractivity contribution in [3.63, 3.8) is 0 Å². The van der Waals surface area contributed by atoms with Gasteiger partial charge in [0.15, 0.2) is 0 Å². The molecule has 1 heterocycles. The monoisotopic (exact) mass is 413 g/mol. The fourth-order valence-electron chi connectivity index (χ4n) is 3.58. The molecule has 0 aliphatic rings. The van der Waals surface area contributed by atoms with E-state index in [1.165, 1.54) is 0 Å². The Morgan fingerprint density at radius 1 is 0.935 bits per heavy atom. The molecule has 5 heteroatoms. The summed E-state index contributed by atoms with van der Waals surface area (Å²) in [6.45, 7) is 2.06.